The number of aryl methyl sites for hydroxylation is 1. The molecule has 4 rings (SSSR count). The fraction of sp³-hybridized carbons (Fsp3) is 0.0500. The van der Waals surface area contributed by atoms with Crippen LogP contribution in [0.2, 0.25) is 0 Å². The number of rotatable bonds is 3. The summed E-state index contributed by atoms with van der Waals surface area (Å²) in [6, 6.07) is 18.1. The highest BCUT2D eigenvalue weighted by Crippen LogP contribution is 2.24. The Kier molecular flexibility index (Phi) is 3.61. The van der Waals surface area contributed by atoms with Crippen molar-refractivity contribution in [2.45, 2.75) is 0 Å². The minimum Gasteiger partial charge on any atom is -0.459 e. The smallest absolute Gasteiger partial charge is 0.291 e. The molecule has 0 aliphatic carbocycles. The molecular weight excluding hydrogens is 319 g/mol. The van der Waals surface area contributed by atoms with Crippen molar-refractivity contribution < 1.29 is 13.6 Å². The Hall–Kier alpha value is -3.34. The summed E-state index contributed by atoms with van der Waals surface area (Å²) in [5.41, 5.74) is 3.17. The van der Waals surface area contributed by atoms with Gasteiger partial charge in [0.2, 0.25) is 0 Å². The van der Waals surface area contributed by atoms with E-state index in [1.54, 1.807) is 37.6 Å². The van der Waals surface area contributed by atoms with Crippen LogP contribution in [-0.4, -0.2) is 10.5 Å². The molecule has 5 heteroatoms. The van der Waals surface area contributed by atoms with Crippen LogP contribution >= 0.6 is 0 Å². The summed E-state index contributed by atoms with van der Waals surface area (Å²) >= 11 is 0. The number of nitrogens with one attached hydrogen (secondary N) is 1. The number of carbonyl (C=O) groups excluding carboxylic acids is 1. The molecule has 0 unspecified atom stereocenters. The second-order valence-corrected chi connectivity index (χ2v) is 5.82. The molecule has 124 valence electrons. The van der Waals surface area contributed by atoms with E-state index in [4.69, 9.17) is 4.42 Å². The average molecular weight is 334 g/mol. The van der Waals surface area contributed by atoms with E-state index in [-0.39, 0.29) is 17.6 Å². The lowest BCUT2D eigenvalue weighted by Crippen LogP contribution is -2.10. The third-order valence-corrected chi connectivity index (χ3v) is 4.17. The van der Waals surface area contributed by atoms with Crippen molar-refractivity contribution in [2.24, 2.45) is 7.05 Å². The maximum atomic E-state index is 13.6. The predicted octanol–water partition coefficient (Wildman–Crippen LogP) is 4.83. The molecule has 0 spiro atoms. The number of hydrogen-bond acceptors (Lipinski definition) is 2. The zero-order valence-corrected chi connectivity index (χ0v) is 13.5. The number of hydrogen-bond donors (Lipinski definition) is 1. The van der Waals surface area contributed by atoms with Crippen molar-refractivity contribution >= 4 is 22.5 Å². The fourth-order valence-electron chi connectivity index (χ4n) is 2.82. The first kappa shape index (κ1) is 15.2. The number of benzene rings is 2. The molecular formula is C20H15FN2O2. The highest BCUT2D eigenvalue weighted by Gasteiger charge is 2.13. The number of carbonyl (C=O) groups is 1. The topological polar surface area (TPSA) is 47.2 Å². The molecule has 1 amide bonds. The molecule has 0 saturated heterocycles. The van der Waals surface area contributed by atoms with Gasteiger partial charge in [0.05, 0.1) is 11.8 Å². The van der Waals surface area contributed by atoms with Crippen molar-refractivity contribution in [3.05, 3.63) is 78.6 Å². The van der Waals surface area contributed by atoms with Gasteiger partial charge in [-0.3, -0.25) is 4.79 Å². The van der Waals surface area contributed by atoms with Gasteiger partial charge in [0, 0.05) is 29.8 Å². The predicted molar refractivity (Wildman–Crippen MR) is 95.0 cm³/mol. The Morgan fingerprint density at radius 2 is 1.84 bits per heavy atom. The molecule has 1 N–H and O–H groups in total. The van der Waals surface area contributed by atoms with E-state index < -0.39 is 0 Å². The highest BCUT2D eigenvalue weighted by atomic mass is 19.1. The molecule has 0 saturated carbocycles. The Bertz CT molecular complexity index is 1060. The minimum atomic E-state index is -0.349. The van der Waals surface area contributed by atoms with Crippen LogP contribution < -0.4 is 5.32 Å². The van der Waals surface area contributed by atoms with Gasteiger partial charge < -0.3 is 14.3 Å². The molecule has 0 fully saturated rings. The van der Waals surface area contributed by atoms with Crippen LogP contribution in [0.3, 0.4) is 0 Å². The largest absolute Gasteiger partial charge is 0.459 e. The van der Waals surface area contributed by atoms with Gasteiger partial charge in [0.1, 0.15) is 0 Å². The van der Waals surface area contributed by atoms with E-state index in [0.29, 0.717) is 5.69 Å². The van der Waals surface area contributed by atoms with Crippen molar-refractivity contribution in [1.82, 2.24) is 4.57 Å². The number of furan rings is 1. The summed E-state index contributed by atoms with van der Waals surface area (Å²) < 4.78 is 20.5. The molecule has 0 aliphatic heterocycles. The summed E-state index contributed by atoms with van der Waals surface area (Å²) in [7, 11) is 1.66. The maximum absolute atomic E-state index is 13.6. The third kappa shape index (κ3) is 2.80. The fourth-order valence-corrected chi connectivity index (χ4v) is 2.82. The number of anilines is 1. The highest BCUT2D eigenvalue weighted by molar-refractivity contribution is 6.04. The molecule has 4 aromatic rings. The Morgan fingerprint density at radius 1 is 1.04 bits per heavy atom. The number of halogens is 1. The second-order valence-electron chi connectivity index (χ2n) is 5.82. The second kappa shape index (κ2) is 5.94. The van der Waals surface area contributed by atoms with Crippen LogP contribution in [0.4, 0.5) is 10.1 Å². The van der Waals surface area contributed by atoms with Crippen molar-refractivity contribution in [2.75, 3.05) is 5.32 Å². The van der Waals surface area contributed by atoms with E-state index in [1.165, 1.54) is 10.6 Å². The lowest BCUT2D eigenvalue weighted by molar-refractivity contribution is 0.0996. The lowest BCUT2D eigenvalue weighted by atomic mass is 10.1. The molecule has 0 radical (unpaired) electrons. The van der Waals surface area contributed by atoms with Crippen LogP contribution in [0.1, 0.15) is 10.6 Å². The van der Waals surface area contributed by atoms with Gasteiger partial charge >= 0.3 is 0 Å². The van der Waals surface area contributed by atoms with Gasteiger partial charge in [-0.2, -0.15) is 4.39 Å². The molecule has 0 atom stereocenters. The Labute approximate surface area is 143 Å². The summed E-state index contributed by atoms with van der Waals surface area (Å²) in [4.78, 5) is 12.4. The normalized spacial score (nSPS) is 11.0. The SMILES string of the molecule is Cn1c(F)cc2cc(NC(=O)c3cc(-c4ccccc4)co3)ccc21. The molecule has 2 heterocycles. The van der Waals surface area contributed by atoms with Crippen molar-refractivity contribution in [1.29, 1.82) is 0 Å². The van der Waals surface area contributed by atoms with E-state index in [2.05, 4.69) is 5.32 Å². The number of fused-ring (bicyclic) bond motifs is 1. The summed E-state index contributed by atoms with van der Waals surface area (Å²) in [6.07, 6.45) is 1.56. The first-order valence-electron chi connectivity index (χ1n) is 7.82. The van der Waals surface area contributed by atoms with E-state index >= 15 is 0 Å². The van der Waals surface area contributed by atoms with Gasteiger partial charge in [-0.05, 0) is 29.8 Å². The van der Waals surface area contributed by atoms with E-state index in [1.807, 2.05) is 30.3 Å². The average Bonchev–Trinajstić information content (AvgIpc) is 3.22. The first-order chi connectivity index (χ1) is 12.1. The number of aromatic nitrogens is 1. The summed E-state index contributed by atoms with van der Waals surface area (Å²) in [5.74, 6) is -0.451. The Morgan fingerprint density at radius 3 is 2.64 bits per heavy atom. The number of nitrogens with zero attached hydrogens (tertiary/aromatic N) is 1. The van der Waals surface area contributed by atoms with E-state index in [0.717, 1.165) is 22.0 Å². The molecule has 25 heavy (non-hydrogen) atoms. The monoisotopic (exact) mass is 334 g/mol. The lowest BCUT2D eigenvalue weighted by Gasteiger charge is -2.04. The van der Waals surface area contributed by atoms with Gasteiger partial charge in [-0.25, -0.2) is 0 Å². The standard InChI is InChI=1S/C20H15FN2O2/c1-23-17-8-7-16(9-14(17)11-19(23)21)22-20(24)18-10-15(12-25-18)13-5-3-2-4-6-13/h2-12H,1H3,(H,22,24). The minimum absolute atomic E-state index is 0.221. The number of amides is 1. The van der Waals surface area contributed by atoms with E-state index in [9.17, 15) is 9.18 Å². The van der Waals surface area contributed by atoms with Gasteiger partial charge in [-0.1, -0.05) is 30.3 Å². The van der Waals surface area contributed by atoms with Gasteiger partial charge in [-0.15, -0.1) is 0 Å². The van der Waals surface area contributed by atoms with Gasteiger partial charge in [0.25, 0.3) is 5.91 Å². The zero-order valence-electron chi connectivity index (χ0n) is 13.5. The molecule has 0 bridgehead atoms. The summed E-state index contributed by atoms with van der Waals surface area (Å²) in [5, 5.41) is 3.50. The van der Waals surface area contributed by atoms with Crippen LogP contribution in [0.25, 0.3) is 22.0 Å². The van der Waals surface area contributed by atoms with Crippen molar-refractivity contribution in [3.8, 4) is 11.1 Å². The quantitative estimate of drug-likeness (QED) is 0.583. The Balaban J connectivity index is 1.57. The molecule has 2 aromatic carbocycles. The molecule has 2 aromatic heterocycles. The molecule has 4 nitrogen and oxygen atoms in total. The van der Waals surface area contributed by atoms with Gasteiger partial charge in [0.15, 0.2) is 11.7 Å². The zero-order chi connectivity index (χ0) is 17.4. The third-order valence-electron chi connectivity index (χ3n) is 4.17. The first-order valence-corrected chi connectivity index (χ1v) is 7.82. The maximum Gasteiger partial charge on any atom is 0.291 e. The molecule has 0 aliphatic rings. The van der Waals surface area contributed by atoms with Crippen LogP contribution in [-0.2, 0) is 7.05 Å². The van der Waals surface area contributed by atoms with Crippen molar-refractivity contribution in [3.63, 3.8) is 0 Å². The van der Waals surface area contributed by atoms with Crippen LogP contribution in [0, 0.1) is 5.95 Å². The van der Waals surface area contributed by atoms with Crippen LogP contribution in [0.15, 0.2) is 71.3 Å². The summed E-state index contributed by atoms with van der Waals surface area (Å²) in [6.45, 7) is 0. The van der Waals surface area contributed by atoms with Crippen LogP contribution in [0.5, 0.6) is 0 Å².